The van der Waals surface area contributed by atoms with Gasteiger partial charge in [0.1, 0.15) is 17.3 Å². The summed E-state index contributed by atoms with van der Waals surface area (Å²) < 4.78 is 27.9. The van der Waals surface area contributed by atoms with Crippen molar-refractivity contribution >= 4 is 35.6 Å². The average molecular weight is 493 g/mol. The first-order chi connectivity index (χ1) is 12.6. The van der Waals surface area contributed by atoms with Crippen LogP contribution in [0.3, 0.4) is 0 Å². The number of nitrogens with one attached hydrogen (secondary N) is 2. The molecule has 0 bridgehead atoms. The smallest absolute Gasteiger partial charge is 0.191 e. The summed E-state index contributed by atoms with van der Waals surface area (Å²) >= 11 is 0. The molecule has 1 aromatic carbocycles. The van der Waals surface area contributed by atoms with Gasteiger partial charge < -0.3 is 20.4 Å². The lowest BCUT2D eigenvalue weighted by Crippen LogP contribution is -2.46. The summed E-state index contributed by atoms with van der Waals surface area (Å²) in [5.41, 5.74) is 0.0744. The van der Waals surface area contributed by atoms with Gasteiger partial charge in [-0.05, 0) is 44.0 Å². The lowest BCUT2D eigenvalue weighted by Gasteiger charge is -2.22. The highest BCUT2D eigenvalue weighted by Gasteiger charge is 2.27. The molecule has 0 aliphatic carbocycles. The molecule has 2 atom stereocenters. The second kappa shape index (κ2) is 10.4. The second-order valence-electron chi connectivity index (χ2n) is 7.15. The first kappa shape index (κ1) is 22.1. The summed E-state index contributed by atoms with van der Waals surface area (Å²) in [5, 5.41) is 6.80. The van der Waals surface area contributed by atoms with Gasteiger partial charge in [0.25, 0.3) is 0 Å². The summed E-state index contributed by atoms with van der Waals surface area (Å²) in [4.78, 5) is 8.53. The minimum atomic E-state index is -0.505. The number of hydrogen-bond acceptors (Lipinski definition) is 3. The molecule has 5 nitrogen and oxygen atoms in total. The molecule has 27 heavy (non-hydrogen) atoms. The van der Waals surface area contributed by atoms with Crippen LogP contribution in [0.5, 0.6) is 0 Å². The van der Waals surface area contributed by atoms with Crippen LogP contribution in [0, 0.1) is 17.6 Å². The van der Waals surface area contributed by atoms with Gasteiger partial charge in [-0.15, -0.1) is 24.0 Å². The molecule has 0 saturated carbocycles. The van der Waals surface area contributed by atoms with E-state index in [-0.39, 0.29) is 35.7 Å². The van der Waals surface area contributed by atoms with Gasteiger partial charge >= 0.3 is 0 Å². The van der Waals surface area contributed by atoms with Gasteiger partial charge in [0.05, 0.1) is 0 Å². The molecule has 2 aliphatic heterocycles. The number of hydrogen-bond donors (Lipinski definition) is 2. The van der Waals surface area contributed by atoms with Gasteiger partial charge in [0.15, 0.2) is 5.96 Å². The molecule has 2 N–H and O–H groups in total. The maximum Gasteiger partial charge on any atom is 0.191 e. The van der Waals surface area contributed by atoms with Crippen LogP contribution in [-0.4, -0.2) is 63.2 Å². The molecule has 8 heteroatoms. The lowest BCUT2D eigenvalue weighted by molar-refractivity contribution is 0.341. The van der Waals surface area contributed by atoms with E-state index < -0.39 is 11.6 Å². The van der Waals surface area contributed by atoms with E-state index in [1.54, 1.807) is 11.9 Å². The Kier molecular flexibility index (Phi) is 8.53. The molecular weight excluding hydrogens is 463 g/mol. The molecule has 1 aromatic rings. The number of benzene rings is 1. The van der Waals surface area contributed by atoms with Crippen LogP contribution < -0.4 is 15.5 Å². The van der Waals surface area contributed by atoms with Crippen molar-refractivity contribution in [3.63, 3.8) is 0 Å². The van der Waals surface area contributed by atoms with Crippen molar-refractivity contribution in [2.24, 2.45) is 10.9 Å². The van der Waals surface area contributed by atoms with Crippen LogP contribution in [0.4, 0.5) is 14.5 Å². The number of halogens is 3. The van der Waals surface area contributed by atoms with Gasteiger partial charge in [-0.3, -0.25) is 4.99 Å². The first-order valence-electron chi connectivity index (χ1n) is 9.49. The third kappa shape index (κ3) is 5.66. The van der Waals surface area contributed by atoms with E-state index in [0.29, 0.717) is 19.0 Å². The highest BCUT2D eigenvalue weighted by molar-refractivity contribution is 14.0. The van der Waals surface area contributed by atoms with Crippen molar-refractivity contribution < 1.29 is 8.78 Å². The van der Waals surface area contributed by atoms with Crippen LogP contribution in [-0.2, 0) is 0 Å². The van der Waals surface area contributed by atoms with Crippen molar-refractivity contribution in [2.75, 3.05) is 51.2 Å². The zero-order chi connectivity index (χ0) is 18.5. The average Bonchev–Trinajstić information content (AvgIpc) is 3.28. The van der Waals surface area contributed by atoms with E-state index in [4.69, 9.17) is 0 Å². The largest absolute Gasteiger partial charge is 0.365 e. The van der Waals surface area contributed by atoms with Crippen molar-refractivity contribution in [2.45, 2.75) is 25.8 Å². The number of aliphatic imine (C=N–C) groups is 1. The standard InChI is InChI=1S/C19H29F2N5.HI/c1-3-25-9-7-14(12-25)11-23-19(22-2)24-15-8-10-26(13-15)18-16(20)5-4-6-17(18)21;/h4-6,14-15H,3,7-13H2,1-2H3,(H2,22,23,24);1H. The highest BCUT2D eigenvalue weighted by atomic mass is 127. The molecule has 0 aromatic heterocycles. The second-order valence-corrected chi connectivity index (χ2v) is 7.15. The molecular formula is C19H30F2IN5. The minimum Gasteiger partial charge on any atom is -0.365 e. The lowest BCUT2D eigenvalue weighted by atomic mass is 10.1. The molecule has 2 fully saturated rings. The van der Waals surface area contributed by atoms with Crippen LogP contribution in [0.25, 0.3) is 0 Å². The monoisotopic (exact) mass is 493 g/mol. The third-order valence-corrected chi connectivity index (χ3v) is 5.38. The first-order valence-corrected chi connectivity index (χ1v) is 9.49. The number of nitrogens with zero attached hydrogens (tertiary/aromatic N) is 3. The summed E-state index contributed by atoms with van der Waals surface area (Å²) in [6, 6.07) is 4.13. The van der Waals surface area contributed by atoms with E-state index >= 15 is 0 Å². The van der Waals surface area contributed by atoms with Crippen LogP contribution in [0.2, 0.25) is 0 Å². The summed E-state index contributed by atoms with van der Waals surface area (Å²) in [7, 11) is 1.76. The third-order valence-electron chi connectivity index (χ3n) is 5.38. The minimum absolute atomic E-state index is 0. The van der Waals surface area contributed by atoms with Crippen LogP contribution in [0.1, 0.15) is 19.8 Å². The summed E-state index contributed by atoms with van der Waals surface area (Å²) in [5.74, 6) is 0.395. The number of para-hydroxylation sites is 1. The van der Waals surface area contributed by atoms with E-state index in [1.165, 1.54) is 31.2 Å². The van der Waals surface area contributed by atoms with Gasteiger partial charge in [-0.25, -0.2) is 8.78 Å². The quantitative estimate of drug-likeness (QED) is 0.376. The van der Waals surface area contributed by atoms with Crippen LogP contribution >= 0.6 is 24.0 Å². The molecule has 2 saturated heterocycles. The Hall–Kier alpha value is -1.16. The fraction of sp³-hybridized carbons (Fsp3) is 0.632. The number of likely N-dealkylation sites (tertiary alicyclic amines) is 1. The Labute approximate surface area is 177 Å². The predicted octanol–water partition coefficient (Wildman–Crippen LogP) is 2.67. The SMILES string of the molecule is CCN1CCC(CNC(=NC)NC2CCN(c3c(F)cccc3F)C2)C1.I. The Morgan fingerprint density at radius 1 is 1.19 bits per heavy atom. The van der Waals surface area contributed by atoms with E-state index in [9.17, 15) is 8.78 Å². The maximum absolute atomic E-state index is 14.0. The Morgan fingerprint density at radius 2 is 1.93 bits per heavy atom. The Balaban J connectivity index is 0.00000261. The summed E-state index contributed by atoms with van der Waals surface area (Å²) in [6.07, 6.45) is 2.03. The fourth-order valence-corrected chi connectivity index (χ4v) is 3.87. The van der Waals surface area contributed by atoms with Gasteiger partial charge in [-0.2, -0.15) is 0 Å². The highest BCUT2D eigenvalue weighted by Crippen LogP contribution is 2.26. The van der Waals surface area contributed by atoms with E-state index in [0.717, 1.165) is 32.0 Å². The number of rotatable bonds is 5. The van der Waals surface area contributed by atoms with Crippen LogP contribution in [0.15, 0.2) is 23.2 Å². The number of guanidine groups is 1. The maximum atomic E-state index is 14.0. The fourth-order valence-electron chi connectivity index (χ4n) is 3.87. The van der Waals surface area contributed by atoms with Crippen molar-refractivity contribution in [3.8, 4) is 0 Å². The van der Waals surface area contributed by atoms with Gasteiger partial charge in [-0.1, -0.05) is 13.0 Å². The van der Waals surface area contributed by atoms with Crippen molar-refractivity contribution in [1.29, 1.82) is 0 Å². The summed E-state index contributed by atoms with van der Waals surface area (Å²) in [6.45, 7) is 7.68. The molecule has 2 unspecified atom stereocenters. The molecule has 0 radical (unpaired) electrons. The molecule has 0 spiro atoms. The zero-order valence-electron chi connectivity index (χ0n) is 16.0. The molecule has 152 valence electrons. The number of anilines is 1. The molecule has 2 heterocycles. The topological polar surface area (TPSA) is 42.9 Å². The van der Waals surface area contributed by atoms with Crippen molar-refractivity contribution in [1.82, 2.24) is 15.5 Å². The normalized spacial score (nSPS) is 23.4. The van der Waals surface area contributed by atoms with Crippen molar-refractivity contribution in [3.05, 3.63) is 29.8 Å². The molecule has 3 rings (SSSR count). The zero-order valence-corrected chi connectivity index (χ0v) is 18.4. The van der Waals surface area contributed by atoms with E-state index in [1.807, 2.05) is 0 Å². The Morgan fingerprint density at radius 3 is 2.56 bits per heavy atom. The predicted molar refractivity (Wildman–Crippen MR) is 117 cm³/mol. The Bertz CT molecular complexity index is 622. The molecule has 0 amide bonds. The van der Waals surface area contributed by atoms with Gasteiger partial charge in [0.2, 0.25) is 0 Å². The van der Waals surface area contributed by atoms with E-state index in [2.05, 4.69) is 27.4 Å². The van der Waals surface area contributed by atoms with Gasteiger partial charge in [0, 0.05) is 39.3 Å². The molecule has 2 aliphatic rings.